The number of amides is 3. The lowest BCUT2D eigenvalue weighted by molar-refractivity contribution is -0.147. The van der Waals surface area contributed by atoms with E-state index in [-0.39, 0.29) is 0 Å². The Kier molecular flexibility index (Phi) is 4.79. The Morgan fingerprint density at radius 2 is 1.92 bits per heavy atom. The number of fused-ring (bicyclic) bond motifs is 1. The number of nitrogens with zero attached hydrogens (tertiary/aromatic N) is 2. The molecule has 2 N–H and O–H groups in total. The van der Waals surface area contributed by atoms with Gasteiger partial charge in [-0.3, -0.25) is 14.4 Å². The summed E-state index contributed by atoms with van der Waals surface area (Å²) in [4.78, 5) is 41.0. The summed E-state index contributed by atoms with van der Waals surface area (Å²) in [6, 6.07) is 7.97. The zero-order valence-corrected chi connectivity index (χ0v) is 13.3. The summed E-state index contributed by atoms with van der Waals surface area (Å²) in [5.74, 6) is -1.12. The first-order chi connectivity index (χ1) is 11.7. The number of hydrogen-bond acceptors (Lipinski definition) is 3. The Balaban J connectivity index is 1.49. The molecule has 1 aromatic heterocycles. The quantitative estimate of drug-likeness (QED) is 0.618. The first kappa shape index (κ1) is 16.0. The van der Waals surface area contributed by atoms with Gasteiger partial charge in [-0.2, -0.15) is 0 Å². The minimum Gasteiger partial charge on any atom is -0.361 e. The molecule has 0 atom stereocenters. The van der Waals surface area contributed by atoms with Gasteiger partial charge >= 0.3 is 11.8 Å². The van der Waals surface area contributed by atoms with Crippen LogP contribution in [0.1, 0.15) is 5.56 Å². The molecule has 7 nitrogen and oxygen atoms in total. The van der Waals surface area contributed by atoms with Crippen molar-refractivity contribution in [2.45, 2.75) is 6.42 Å². The third-order valence-electron chi connectivity index (χ3n) is 4.30. The number of piperazine rings is 1. The minimum absolute atomic E-state index is 0.396. The van der Waals surface area contributed by atoms with Crippen molar-refractivity contribution >= 4 is 29.1 Å². The number of nitrogens with one attached hydrogen (secondary N) is 2. The molecule has 2 aromatic rings. The van der Waals surface area contributed by atoms with Crippen LogP contribution in [0, 0.1) is 0 Å². The second kappa shape index (κ2) is 7.16. The van der Waals surface area contributed by atoms with Gasteiger partial charge in [0, 0.05) is 49.8 Å². The van der Waals surface area contributed by atoms with E-state index in [1.54, 1.807) is 4.90 Å². The van der Waals surface area contributed by atoms with Crippen molar-refractivity contribution < 1.29 is 14.4 Å². The van der Waals surface area contributed by atoms with Crippen LogP contribution in [0.25, 0.3) is 10.9 Å². The van der Waals surface area contributed by atoms with Crippen molar-refractivity contribution in [1.82, 2.24) is 20.1 Å². The number of para-hydroxylation sites is 1. The standard InChI is InChI=1S/C17H20N4O3/c22-12-20-7-9-21(10-8-20)17(24)16(23)18-6-5-13-11-19-15-4-2-1-3-14(13)15/h1-4,11-12,19H,5-10H2,(H,18,23). The van der Waals surface area contributed by atoms with E-state index >= 15 is 0 Å². The maximum absolute atomic E-state index is 12.1. The fourth-order valence-electron chi connectivity index (χ4n) is 2.90. The van der Waals surface area contributed by atoms with Crippen LogP contribution in [-0.2, 0) is 20.8 Å². The van der Waals surface area contributed by atoms with Crippen LogP contribution in [0.15, 0.2) is 30.5 Å². The molecule has 7 heteroatoms. The van der Waals surface area contributed by atoms with Crippen molar-refractivity contribution in [3.8, 4) is 0 Å². The van der Waals surface area contributed by atoms with E-state index in [1.807, 2.05) is 30.5 Å². The summed E-state index contributed by atoms with van der Waals surface area (Å²) in [6.07, 6.45) is 3.35. The fraction of sp³-hybridized carbons (Fsp3) is 0.353. The van der Waals surface area contributed by atoms with Gasteiger partial charge in [-0.15, -0.1) is 0 Å². The van der Waals surface area contributed by atoms with Crippen LogP contribution < -0.4 is 5.32 Å². The number of hydrogen-bond donors (Lipinski definition) is 2. The lowest BCUT2D eigenvalue weighted by Gasteiger charge is -2.31. The molecule has 2 heterocycles. The molecule has 1 fully saturated rings. The van der Waals surface area contributed by atoms with Crippen molar-refractivity contribution in [2.75, 3.05) is 32.7 Å². The maximum Gasteiger partial charge on any atom is 0.312 e. The Morgan fingerprint density at radius 1 is 1.17 bits per heavy atom. The molecule has 0 spiro atoms. The van der Waals surface area contributed by atoms with Crippen molar-refractivity contribution in [3.05, 3.63) is 36.0 Å². The van der Waals surface area contributed by atoms with Crippen LogP contribution >= 0.6 is 0 Å². The monoisotopic (exact) mass is 328 g/mol. The highest BCUT2D eigenvalue weighted by atomic mass is 16.2. The van der Waals surface area contributed by atoms with Crippen LogP contribution in [-0.4, -0.2) is 65.7 Å². The van der Waals surface area contributed by atoms with E-state index in [1.165, 1.54) is 4.90 Å². The third kappa shape index (κ3) is 3.40. The van der Waals surface area contributed by atoms with E-state index in [0.717, 1.165) is 22.9 Å². The molecule has 3 amide bonds. The third-order valence-corrected chi connectivity index (χ3v) is 4.30. The van der Waals surface area contributed by atoms with Crippen LogP contribution in [0.3, 0.4) is 0 Å². The number of H-pyrrole nitrogens is 1. The molecular formula is C17H20N4O3. The molecule has 0 saturated carbocycles. The van der Waals surface area contributed by atoms with E-state index in [0.29, 0.717) is 39.1 Å². The Hall–Kier alpha value is -2.83. The molecule has 0 unspecified atom stereocenters. The van der Waals surface area contributed by atoms with Gasteiger partial charge in [0.1, 0.15) is 0 Å². The summed E-state index contributed by atoms with van der Waals surface area (Å²) < 4.78 is 0. The molecular weight excluding hydrogens is 308 g/mol. The summed E-state index contributed by atoms with van der Waals surface area (Å²) in [5, 5.41) is 3.81. The van der Waals surface area contributed by atoms with Gasteiger partial charge < -0.3 is 20.1 Å². The fourth-order valence-corrected chi connectivity index (χ4v) is 2.90. The number of aromatic nitrogens is 1. The molecule has 0 aliphatic carbocycles. The SMILES string of the molecule is O=CN1CCN(C(=O)C(=O)NCCc2c[nH]c3ccccc23)CC1. The molecule has 0 bridgehead atoms. The van der Waals surface area contributed by atoms with Gasteiger partial charge in [0.2, 0.25) is 6.41 Å². The zero-order valence-electron chi connectivity index (χ0n) is 13.3. The van der Waals surface area contributed by atoms with Gasteiger partial charge in [0.15, 0.2) is 0 Å². The van der Waals surface area contributed by atoms with Crippen molar-refractivity contribution in [2.24, 2.45) is 0 Å². The molecule has 3 rings (SSSR count). The number of rotatable bonds is 4. The summed E-state index contributed by atoms with van der Waals surface area (Å²) in [6.45, 7) is 2.14. The largest absolute Gasteiger partial charge is 0.361 e. The van der Waals surface area contributed by atoms with E-state index < -0.39 is 11.8 Å². The first-order valence-corrected chi connectivity index (χ1v) is 8.00. The van der Waals surface area contributed by atoms with E-state index in [2.05, 4.69) is 10.3 Å². The zero-order chi connectivity index (χ0) is 16.9. The highest BCUT2D eigenvalue weighted by Crippen LogP contribution is 2.17. The Bertz CT molecular complexity index is 747. The van der Waals surface area contributed by atoms with Gasteiger partial charge in [0.25, 0.3) is 0 Å². The molecule has 1 aliphatic heterocycles. The molecule has 1 saturated heterocycles. The highest BCUT2D eigenvalue weighted by Gasteiger charge is 2.25. The predicted molar refractivity (Wildman–Crippen MR) is 89.2 cm³/mol. The van der Waals surface area contributed by atoms with Crippen LogP contribution in [0.4, 0.5) is 0 Å². The molecule has 1 aromatic carbocycles. The van der Waals surface area contributed by atoms with Crippen LogP contribution in [0.2, 0.25) is 0 Å². The number of carbonyl (C=O) groups excluding carboxylic acids is 3. The highest BCUT2D eigenvalue weighted by molar-refractivity contribution is 6.35. The van der Waals surface area contributed by atoms with Gasteiger partial charge in [-0.25, -0.2) is 0 Å². The predicted octanol–water partition coefficient (Wildman–Crippen LogP) is 0.127. The molecule has 126 valence electrons. The Labute approximate surface area is 139 Å². The number of aromatic amines is 1. The minimum atomic E-state index is -0.589. The second-order valence-electron chi connectivity index (χ2n) is 5.80. The average Bonchev–Trinajstić information content (AvgIpc) is 3.04. The van der Waals surface area contributed by atoms with Gasteiger partial charge in [0.05, 0.1) is 0 Å². The first-order valence-electron chi connectivity index (χ1n) is 8.00. The van der Waals surface area contributed by atoms with E-state index in [4.69, 9.17) is 0 Å². The normalized spacial score (nSPS) is 14.7. The second-order valence-corrected chi connectivity index (χ2v) is 5.80. The molecule has 0 radical (unpaired) electrons. The Morgan fingerprint density at radius 3 is 2.67 bits per heavy atom. The van der Waals surface area contributed by atoms with E-state index in [9.17, 15) is 14.4 Å². The summed E-state index contributed by atoms with van der Waals surface area (Å²) >= 11 is 0. The average molecular weight is 328 g/mol. The van der Waals surface area contributed by atoms with Gasteiger partial charge in [-0.05, 0) is 18.1 Å². The molecule has 24 heavy (non-hydrogen) atoms. The number of carbonyl (C=O) groups is 3. The van der Waals surface area contributed by atoms with Gasteiger partial charge in [-0.1, -0.05) is 18.2 Å². The summed E-state index contributed by atoms with van der Waals surface area (Å²) in [7, 11) is 0. The van der Waals surface area contributed by atoms with Crippen LogP contribution in [0.5, 0.6) is 0 Å². The lowest BCUT2D eigenvalue weighted by atomic mass is 10.1. The smallest absolute Gasteiger partial charge is 0.312 e. The van der Waals surface area contributed by atoms with Crippen molar-refractivity contribution in [3.63, 3.8) is 0 Å². The summed E-state index contributed by atoms with van der Waals surface area (Å²) in [5.41, 5.74) is 2.17. The topological polar surface area (TPSA) is 85.5 Å². The molecule has 1 aliphatic rings. The number of benzene rings is 1. The lowest BCUT2D eigenvalue weighted by Crippen LogP contribution is -2.52. The maximum atomic E-state index is 12.1. The van der Waals surface area contributed by atoms with Crippen molar-refractivity contribution in [1.29, 1.82) is 0 Å².